The fourth-order valence-corrected chi connectivity index (χ4v) is 3.20. The predicted molar refractivity (Wildman–Crippen MR) is 99.9 cm³/mol. The van der Waals surface area contributed by atoms with Crippen molar-refractivity contribution in [3.05, 3.63) is 33.9 Å². The normalized spacial score (nSPS) is 11.1. The summed E-state index contributed by atoms with van der Waals surface area (Å²) in [4.78, 5) is 23.9. The number of nitriles is 1. The van der Waals surface area contributed by atoms with Crippen molar-refractivity contribution >= 4 is 38.9 Å². The average molecular weight is 422 g/mol. The van der Waals surface area contributed by atoms with Crippen molar-refractivity contribution in [3.8, 4) is 6.07 Å². The molecule has 0 radical (unpaired) electrons. The smallest absolute Gasteiger partial charge is 0.407 e. The first-order valence-electron chi connectivity index (χ1n) is 7.94. The van der Waals surface area contributed by atoms with E-state index in [0.29, 0.717) is 22.3 Å². The molecule has 2 aromatic rings. The lowest BCUT2D eigenvalue weighted by Crippen LogP contribution is -2.34. The first-order chi connectivity index (χ1) is 12.2. The van der Waals surface area contributed by atoms with Gasteiger partial charge in [-0.1, -0.05) is 0 Å². The Morgan fingerprint density at radius 3 is 2.58 bits per heavy atom. The summed E-state index contributed by atoms with van der Waals surface area (Å²) in [5.41, 5.74) is 0.975. The number of amides is 1. The van der Waals surface area contributed by atoms with Crippen LogP contribution in [0.3, 0.4) is 0 Å². The van der Waals surface area contributed by atoms with Gasteiger partial charge in [0.25, 0.3) is 0 Å². The van der Waals surface area contributed by atoms with E-state index >= 15 is 0 Å². The van der Waals surface area contributed by atoms with Gasteiger partial charge in [0.05, 0.1) is 24.3 Å². The van der Waals surface area contributed by atoms with Gasteiger partial charge in [-0.3, -0.25) is 0 Å². The zero-order valence-electron chi connectivity index (χ0n) is 15.1. The highest BCUT2D eigenvalue weighted by Gasteiger charge is 2.20. The van der Waals surface area contributed by atoms with Gasteiger partial charge in [-0.2, -0.15) is 5.26 Å². The molecule has 0 aliphatic heterocycles. The van der Waals surface area contributed by atoms with Crippen LogP contribution in [-0.2, 0) is 16.0 Å². The van der Waals surface area contributed by atoms with E-state index < -0.39 is 17.7 Å². The highest BCUT2D eigenvalue weighted by atomic mass is 79.9. The number of aromatic nitrogens is 1. The molecule has 1 heterocycles. The molecule has 0 atom stereocenters. The van der Waals surface area contributed by atoms with Crippen molar-refractivity contribution in [3.63, 3.8) is 0 Å². The molecule has 7 nitrogen and oxygen atoms in total. The second-order valence-electron chi connectivity index (χ2n) is 6.61. The summed E-state index contributed by atoms with van der Waals surface area (Å²) in [6, 6.07) is 7.13. The molecule has 0 bridgehead atoms. The molecule has 0 spiro atoms. The summed E-state index contributed by atoms with van der Waals surface area (Å²) in [6.07, 6.45) is -0.528. The number of hydrogen-bond donors (Lipinski definition) is 1. The number of hydrogen-bond acceptors (Lipinski definition) is 5. The summed E-state index contributed by atoms with van der Waals surface area (Å²) in [6.45, 7) is 5.94. The molecule has 0 unspecified atom stereocenters. The van der Waals surface area contributed by atoms with Crippen LogP contribution in [0.25, 0.3) is 10.9 Å². The summed E-state index contributed by atoms with van der Waals surface area (Å²) in [5, 5.41) is 12.5. The number of esters is 1. The van der Waals surface area contributed by atoms with Crippen LogP contribution in [0.2, 0.25) is 0 Å². The van der Waals surface area contributed by atoms with E-state index in [9.17, 15) is 9.59 Å². The van der Waals surface area contributed by atoms with Crippen LogP contribution >= 0.6 is 15.9 Å². The lowest BCUT2D eigenvalue weighted by molar-refractivity contribution is 0.0526. The van der Waals surface area contributed by atoms with Crippen molar-refractivity contribution in [2.45, 2.75) is 32.9 Å². The summed E-state index contributed by atoms with van der Waals surface area (Å²) < 4.78 is 12.5. The number of halogens is 1. The maximum absolute atomic E-state index is 12.1. The predicted octanol–water partition coefficient (Wildman–Crippen LogP) is 3.59. The Balaban J connectivity index is 2.31. The molecule has 1 amide bonds. The molecule has 2 rings (SSSR count). The second-order valence-corrected chi connectivity index (χ2v) is 7.46. The number of carbonyl (C=O) groups excluding carboxylic acids is 2. The maximum atomic E-state index is 12.1. The third-order valence-electron chi connectivity index (χ3n) is 3.47. The monoisotopic (exact) mass is 421 g/mol. The summed E-state index contributed by atoms with van der Waals surface area (Å²) in [5.74, 6) is -0.496. The number of alkyl carbamates (subject to hydrolysis) is 1. The van der Waals surface area contributed by atoms with Crippen LogP contribution in [-0.4, -0.2) is 35.9 Å². The molecule has 0 saturated heterocycles. The van der Waals surface area contributed by atoms with Crippen molar-refractivity contribution in [1.82, 2.24) is 9.88 Å². The Hall–Kier alpha value is -2.53. The van der Waals surface area contributed by atoms with Crippen LogP contribution in [0, 0.1) is 11.3 Å². The van der Waals surface area contributed by atoms with Gasteiger partial charge in [0.1, 0.15) is 11.3 Å². The van der Waals surface area contributed by atoms with E-state index in [1.54, 1.807) is 43.5 Å². The molecule has 1 aromatic heterocycles. The molecule has 0 saturated carbocycles. The van der Waals surface area contributed by atoms with Crippen molar-refractivity contribution in [1.29, 1.82) is 5.26 Å². The number of nitrogens with zero attached hydrogens (tertiary/aromatic N) is 2. The molecule has 0 aliphatic carbocycles. The Labute approximate surface area is 160 Å². The van der Waals surface area contributed by atoms with E-state index in [4.69, 9.17) is 14.7 Å². The fraction of sp³-hybridized carbons (Fsp3) is 0.389. The Kier molecular flexibility index (Phi) is 5.93. The number of ether oxygens (including phenoxy) is 2. The number of methoxy groups -OCH3 is 1. The molecule has 138 valence electrons. The molecule has 0 aliphatic rings. The largest absolute Gasteiger partial charge is 0.464 e. The van der Waals surface area contributed by atoms with E-state index in [1.807, 2.05) is 0 Å². The highest BCUT2D eigenvalue weighted by Crippen LogP contribution is 2.29. The van der Waals surface area contributed by atoms with Crippen LogP contribution in [0.15, 0.2) is 22.7 Å². The van der Waals surface area contributed by atoms with E-state index in [1.165, 1.54) is 7.11 Å². The van der Waals surface area contributed by atoms with Crippen molar-refractivity contribution in [2.75, 3.05) is 13.7 Å². The molecule has 1 aromatic carbocycles. The minimum Gasteiger partial charge on any atom is -0.464 e. The van der Waals surface area contributed by atoms with Gasteiger partial charge in [0, 0.05) is 22.9 Å². The zero-order chi connectivity index (χ0) is 19.5. The minimum absolute atomic E-state index is 0.259. The number of benzene rings is 1. The first-order valence-corrected chi connectivity index (χ1v) is 8.73. The third kappa shape index (κ3) is 4.55. The molecular formula is C18H20BrN3O4. The number of nitrogens with one attached hydrogen (secondary N) is 1. The zero-order valence-corrected chi connectivity index (χ0v) is 16.6. The standard InChI is InChI=1S/C18H20BrN3O4/c1-18(2,3)26-17(24)21-5-6-22-14(16(23)25-4)9-12-7-11(10-20)8-13(19)15(12)22/h7-9H,5-6H2,1-4H3,(H,21,24). The SMILES string of the molecule is COC(=O)c1cc2cc(C#N)cc(Br)c2n1CCNC(=O)OC(C)(C)C. The molecular weight excluding hydrogens is 402 g/mol. The van der Waals surface area contributed by atoms with Gasteiger partial charge in [0.2, 0.25) is 0 Å². The van der Waals surface area contributed by atoms with Gasteiger partial charge >= 0.3 is 12.1 Å². The van der Waals surface area contributed by atoms with E-state index in [0.717, 1.165) is 10.9 Å². The van der Waals surface area contributed by atoms with Gasteiger partial charge in [-0.05, 0) is 54.9 Å². The lowest BCUT2D eigenvalue weighted by Gasteiger charge is -2.20. The number of rotatable bonds is 4. The van der Waals surface area contributed by atoms with Gasteiger partial charge in [-0.25, -0.2) is 9.59 Å². The van der Waals surface area contributed by atoms with Crippen LogP contribution < -0.4 is 5.32 Å². The van der Waals surface area contributed by atoms with E-state index in [-0.39, 0.29) is 6.54 Å². The molecule has 26 heavy (non-hydrogen) atoms. The first kappa shape index (κ1) is 19.8. The second kappa shape index (κ2) is 7.79. The van der Waals surface area contributed by atoms with Gasteiger partial charge < -0.3 is 19.4 Å². The van der Waals surface area contributed by atoms with Crippen LogP contribution in [0.4, 0.5) is 4.79 Å². The number of carbonyl (C=O) groups is 2. The molecule has 1 N–H and O–H groups in total. The molecule has 8 heteroatoms. The van der Waals surface area contributed by atoms with E-state index in [2.05, 4.69) is 27.3 Å². The summed E-state index contributed by atoms with van der Waals surface area (Å²) in [7, 11) is 1.30. The summed E-state index contributed by atoms with van der Waals surface area (Å²) >= 11 is 3.45. The average Bonchev–Trinajstić information content (AvgIpc) is 2.91. The van der Waals surface area contributed by atoms with Crippen molar-refractivity contribution in [2.24, 2.45) is 0 Å². The van der Waals surface area contributed by atoms with Crippen LogP contribution in [0.1, 0.15) is 36.8 Å². The fourth-order valence-electron chi connectivity index (χ4n) is 2.52. The third-order valence-corrected chi connectivity index (χ3v) is 4.08. The lowest BCUT2D eigenvalue weighted by atomic mass is 10.2. The molecule has 0 fully saturated rings. The highest BCUT2D eigenvalue weighted by molar-refractivity contribution is 9.10. The van der Waals surface area contributed by atoms with Crippen LogP contribution in [0.5, 0.6) is 0 Å². The Bertz CT molecular complexity index is 890. The Morgan fingerprint density at radius 2 is 2.00 bits per heavy atom. The topological polar surface area (TPSA) is 93.4 Å². The number of fused-ring (bicyclic) bond motifs is 1. The Morgan fingerprint density at radius 1 is 1.31 bits per heavy atom. The maximum Gasteiger partial charge on any atom is 0.407 e. The quantitative estimate of drug-likeness (QED) is 0.761. The minimum atomic E-state index is -0.585. The van der Waals surface area contributed by atoms with Gasteiger partial charge in [0.15, 0.2) is 0 Å². The van der Waals surface area contributed by atoms with Gasteiger partial charge in [-0.15, -0.1) is 0 Å². The van der Waals surface area contributed by atoms with Crippen molar-refractivity contribution < 1.29 is 19.1 Å².